The first kappa shape index (κ1) is 17.8. The maximum atomic E-state index is 11.9. The van der Waals surface area contributed by atoms with E-state index in [1.165, 1.54) is 18.4 Å². The maximum absolute atomic E-state index is 11.9. The van der Waals surface area contributed by atoms with Gasteiger partial charge in [0, 0.05) is 5.41 Å². The second-order valence-electron chi connectivity index (χ2n) is 6.58. The summed E-state index contributed by atoms with van der Waals surface area (Å²) >= 11 is 6.74. The van der Waals surface area contributed by atoms with Gasteiger partial charge in [-0.25, -0.2) is 4.98 Å². The fourth-order valence-corrected chi connectivity index (χ4v) is 3.17. The molecule has 0 saturated carbocycles. The quantitative estimate of drug-likeness (QED) is 0.798. The van der Waals surface area contributed by atoms with Crippen molar-refractivity contribution >= 4 is 49.9 Å². The SMILES string of the molecule is CCCCc1ccc2nc(NC(=S)NC(=O)C(C)(C)C)sc2c1. The normalized spacial score (nSPS) is 11.5. The Bertz CT molecular complexity index is 716. The molecule has 0 aliphatic rings. The minimum atomic E-state index is -0.479. The Balaban J connectivity index is 2.06. The van der Waals surface area contributed by atoms with E-state index in [-0.39, 0.29) is 11.0 Å². The number of hydrogen-bond donors (Lipinski definition) is 2. The van der Waals surface area contributed by atoms with Crippen molar-refractivity contribution in [3.63, 3.8) is 0 Å². The third kappa shape index (κ3) is 4.97. The molecule has 0 saturated heterocycles. The molecule has 0 spiro atoms. The van der Waals surface area contributed by atoms with E-state index in [9.17, 15) is 4.79 Å². The number of amides is 1. The largest absolute Gasteiger partial charge is 0.308 e. The highest BCUT2D eigenvalue weighted by Crippen LogP contribution is 2.27. The van der Waals surface area contributed by atoms with Gasteiger partial charge in [-0.05, 0) is 42.8 Å². The summed E-state index contributed by atoms with van der Waals surface area (Å²) in [6.45, 7) is 7.74. The predicted molar refractivity (Wildman–Crippen MR) is 102 cm³/mol. The third-order valence-electron chi connectivity index (χ3n) is 3.40. The molecule has 124 valence electrons. The van der Waals surface area contributed by atoms with E-state index in [4.69, 9.17) is 12.2 Å². The second kappa shape index (κ2) is 7.36. The number of nitrogens with zero attached hydrogens (tertiary/aromatic N) is 1. The number of hydrogen-bond acceptors (Lipinski definition) is 4. The van der Waals surface area contributed by atoms with Crippen molar-refractivity contribution in [2.45, 2.75) is 47.0 Å². The van der Waals surface area contributed by atoms with Gasteiger partial charge in [-0.3, -0.25) is 4.79 Å². The highest BCUT2D eigenvalue weighted by Gasteiger charge is 2.22. The number of unbranched alkanes of at least 4 members (excludes halogenated alkanes) is 1. The van der Waals surface area contributed by atoms with Crippen molar-refractivity contribution in [2.24, 2.45) is 5.41 Å². The highest BCUT2D eigenvalue weighted by atomic mass is 32.1. The Morgan fingerprint density at radius 2 is 2.09 bits per heavy atom. The van der Waals surface area contributed by atoms with Crippen LogP contribution in [-0.2, 0) is 11.2 Å². The summed E-state index contributed by atoms with van der Waals surface area (Å²) in [7, 11) is 0. The van der Waals surface area contributed by atoms with E-state index in [0.717, 1.165) is 16.6 Å². The van der Waals surface area contributed by atoms with Gasteiger partial charge in [-0.1, -0.05) is 51.5 Å². The lowest BCUT2D eigenvalue weighted by Crippen LogP contribution is -2.41. The fraction of sp³-hybridized carbons (Fsp3) is 0.471. The van der Waals surface area contributed by atoms with Gasteiger partial charge < -0.3 is 10.6 Å². The van der Waals surface area contributed by atoms with Gasteiger partial charge in [-0.15, -0.1) is 0 Å². The zero-order valence-electron chi connectivity index (χ0n) is 14.0. The molecule has 1 aromatic carbocycles. The number of aryl methyl sites for hydroxylation is 1. The van der Waals surface area contributed by atoms with Crippen LogP contribution in [-0.4, -0.2) is 16.0 Å². The van der Waals surface area contributed by atoms with Crippen LogP contribution in [0.2, 0.25) is 0 Å². The zero-order valence-corrected chi connectivity index (χ0v) is 15.7. The predicted octanol–water partition coefficient (Wildman–Crippen LogP) is 4.50. The Morgan fingerprint density at radius 3 is 2.74 bits per heavy atom. The lowest BCUT2D eigenvalue weighted by Gasteiger charge is -2.17. The van der Waals surface area contributed by atoms with Gasteiger partial charge in [0.1, 0.15) is 0 Å². The molecular formula is C17H23N3OS2. The molecule has 4 nitrogen and oxygen atoms in total. The number of thiocarbonyl (C=S) groups is 1. The molecule has 1 amide bonds. The van der Waals surface area contributed by atoms with Crippen molar-refractivity contribution in [2.75, 3.05) is 5.32 Å². The molecule has 2 N–H and O–H groups in total. The van der Waals surface area contributed by atoms with Crippen LogP contribution in [0.15, 0.2) is 18.2 Å². The molecule has 0 unspecified atom stereocenters. The van der Waals surface area contributed by atoms with Gasteiger partial charge in [0.05, 0.1) is 10.2 Å². The molecule has 0 aliphatic carbocycles. The maximum Gasteiger partial charge on any atom is 0.231 e. The topological polar surface area (TPSA) is 54.0 Å². The molecule has 1 aromatic heterocycles. The van der Waals surface area contributed by atoms with Gasteiger partial charge in [-0.2, -0.15) is 0 Å². The average molecular weight is 350 g/mol. The molecule has 0 aliphatic heterocycles. The molecule has 23 heavy (non-hydrogen) atoms. The fourth-order valence-electron chi connectivity index (χ4n) is 1.98. The summed E-state index contributed by atoms with van der Waals surface area (Å²) in [6, 6.07) is 6.35. The average Bonchev–Trinajstić information content (AvgIpc) is 2.85. The highest BCUT2D eigenvalue weighted by molar-refractivity contribution is 7.80. The van der Waals surface area contributed by atoms with E-state index in [2.05, 4.69) is 34.7 Å². The van der Waals surface area contributed by atoms with E-state index >= 15 is 0 Å². The van der Waals surface area contributed by atoms with Crippen LogP contribution in [0.3, 0.4) is 0 Å². The molecule has 2 rings (SSSR count). The number of thiazole rings is 1. The standard InChI is InChI=1S/C17H23N3OS2/c1-5-6-7-11-8-9-12-13(10-11)23-16(18-12)20-15(22)19-14(21)17(2,3)4/h8-10H,5-7H2,1-4H3,(H2,18,19,20,21,22). The number of fused-ring (bicyclic) bond motifs is 1. The lowest BCUT2D eigenvalue weighted by molar-refractivity contribution is -0.126. The Morgan fingerprint density at radius 1 is 1.35 bits per heavy atom. The van der Waals surface area contributed by atoms with Crippen LogP contribution >= 0.6 is 23.6 Å². The first-order chi connectivity index (χ1) is 10.8. The smallest absolute Gasteiger partial charge is 0.231 e. The van der Waals surface area contributed by atoms with Crippen LogP contribution in [0.4, 0.5) is 5.13 Å². The van der Waals surface area contributed by atoms with Crippen LogP contribution in [0.5, 0.6) is 0 Å². The van der Waals surface area contributed by atoms with Crippen LogP contribution in [0.1, 0.15) is 46.1 Å². The van der Waals surface area contributed by atoms with Crippen molar-refractivity contribution in [1.29, 1.82) is 0 Å². The summed E-state index contributed by atoms with van der Waals surface area (Å²) in [5.41, 5.74) is 1.80. The summed E-state index contributed by atoms with van der Waals surface area (Å²) in [6.07, 6.45) is 3.47. The van der Waals surface area contributed by atoms with E-state index in [1.54, 1.807) is 11.3 Å². The molecular weight excluding hydrogens is 326 g/mol. The lowest BCUT2D eigenvalue weighted by atomic mass is 9.96. The molecule has 0 bridgehead atoms. The van der Waals surface area contributed by atoms with Gasteiger partial charge in [0.25, 0.3) is 0 Å². The minimum absolute atomic E-state index is 0.113. The Hall–Kier alpha value is -1.53. The number of anilines is 1. The number of nitrogens with one attached hydrogen (secondary N) is 2. The number of carbonyl (C=O) groups excluding carboxylic acids is 1. The zero-order chi connectivity index (χ0) is 17.0. The monoisotopic (exact) mass is 349 g/mol. The second-order valence-corrected chi connectivity index (χ2v) is 8.02. The summed E-state index contributed by atoms with van der Waals surface area (Å²) < 4.78 is 1.13. The molecule has 0 atom stereocenters. The summed E-state index contributed by atoms with van der Waals surface area (Å²) in [5, 5.41) is 6.69. The van der Waals surface area contributed by atoms with Crippen LogP contribution in [0, 0.1) is 5.41 Å². The number of aromatic nitrogens is 1. The molecule has 2 aromatic rings. The molecule has 0 fully saturated rings. The van der Waals surface area contributed by atoms with Crippen molar-refractivity contribution in [3.05, 3.63) is 23.8 Å². The van der Waals surface area contributed by atoms with Crippen LogP contribution in [0.25, 0.3) is 10.2 Å². The van der Waals surface area contributed by atoms with Crippen molar-refractivity contribution in [1.82, 2.24) is 10.3 Å². The molecule has 1 heterocycles. The molecule has 0 radical (unpaired) electrons. The number of benzene rings is 1. The van der Waals surface area contributed by atoms with Crippen molar-refractivity contribution < 1.29 is 4.79 Å². The van der Waals surface area contributed by atoms with E-state index in [0.29, 0.717) is 5.13 Å². The summed E-state index contributed by atoms with van der Waals surface area (Å²) in [5.74, 6) is -0.113. The Kier molecular flexibility index (Phi) is 5.70. The molecule has 6 heteroatoms. The van der Waals surface area contributed by atoms with Crippen molar-refractivity contribution in [3.8, 4) is 0 Å². The number of rotatable bonds is 4. The Labute approximate surface area is 146 Å². The minimum Gasteiger partial charge on any atom is -0.308 e. The van der Waals surface area contributed by atoms with Gasteiger partial charge in [0.15, 0.2) is 10.2 Å². The summed E-state index contributed by atoms with van der Waals surface area (Å²) in [4.78, 5) is 16.4. The first-order valence-corrected chi connectivity index (χ1v) is 9.04. The van der Waals surface area contributed by atoms with E-state index in [1.807, 2.05) is 26.8 Å². The van der Waals surface area contributed by atoms with Gasteiger partial charge >= 0.3 is 0 Å². The third-order valence-corrected chi connectivity index (χ3v) is 4.54. The van der Waals surface area contributed by atoms with Crippen LogP contribution < -0.4 is 10.6 Å². The van der Waals surface area contributed by atoms with E-state index < -0.39 is 5.41 Å². The number of carbonyl (C=O) groups is 1. The first-order valence-electron chi connectivity index (χ1n) is 7.81. The van der Waals surface area contributed by atoms with Gasteiger partial charge in [0.2, 0.25) is 5.91 Å².